The van der Waals surface area contributed by atoms with E-state index in [1.54, 1.807) is 25.5 Å². The van der Waals surface area contributed by atoms with Crippen molar-refractivity contribution in [3.05, 3.63) is 22.5 Å². The van der Waals surface area contributed by atoms with Crippen molar-refractivity contribution in [3.8, 4) is 0 Å². The Hall–Kier alpha value is -2.20. The van der Waals surface area contributed by atoms with Crippen LogP contribution in [0, 0.1) is 13.8 Å². The van der Waals surface area contributed by atoms with Gasteiger partial charge in [0.05, 0.1) is 25.0 Å². The third-order valence-corrected chi connectivity index (χ3v) is 5.38. The van der Waals surface area contributed by atoms with Crippen molar-refractivity contribution in [2.45, 2.75) is 51.4 Å². The van der Waals surface area contributed by atoms with E-state index in [1.165, 1.54) is 11.8 Å². The standard InChI is InChI=1S/C17H23N5O4S/c1-4-25-16(24)15-10(2)14(11(3)18-15)13(23)9-27-17-19-20-21-22(17)8-12-6-5-7-26-12/h12,18H,4-9H2,1-3H3. The maximum atomic E-state index is 12.7. The van der Waals surface area contributed by atoms with Gasteiger partial charge in [0.2, 0.25) is 5.16 Å². The van der Waals surface area contributed by atoms with Crippen molar-refractivity contribution < 1.29 is 19.1 Å². The number of H-pyrrole nitrogens is 1. The third kappa shape index (κ3) is 4.38. The summed E-state index contributed by atoms with van der Waals surface area (Å²) in [5.74, 6) is -0.368. The Kier molecular flexibility index (Phi) is 6.27. The number of nitrogens with one attached hydrogen (secondary N) is 1. The number of esters is 1. The van der Waals surface area contributed by atoms with Crippen LogP contribution in [0.25, 0.3) is 0 Å². The number of nitrogens with zero attached hydrogens (tertiary/aromatic N) is 4. The van der Waals surface area contributed by atoms with Gasteiger partial charge in [0.15, 0.2) is 5.78 Å². The average Bonchev–Trinajstić information content (AvgIpc) is 3.35. The Morgan fingerprint density at radius 2 is 2.22 bits per heavy atom. The van der Waals surface area contributed by atoms with Crippen LogP contribution in [-0.2, 0) is 16.0 Å². The van der Waals surface area contributed by atoms with Gasteiger partial charge in [-0.25, -0.2) is 9.48 Å². The number of hydrogen-bond acceptors (Lipinski definition) is 8. The second-order valence-corrected chi connectivity index (χ2v) is 7.28. The zero-order valence-electron chi connectivity index (χ0n) is 15.7. The molecule has 1 atom stereocenters. The van der Waals surface area contributed by atoms with Crippen LogP contribution >= 0.6 is 11.8 Å². The number of aromatic amines is 1. The number of ketones is 1. The molecule has 0 saturated carbocycles. The average molecular weight is 393 g/mol. The minimum atomic E-state index is -0.453. The third-order valence-electron chi connectivity index (χ3n) is 4.43. The highest BCUT2D eigenvalue weighted by molar-refractivity contribution is 7.99. The highest BCUT2D eigenvalue weighted by Crippen LogP contribution is 2.23. The van der Waals surface area contributed by atoms with Crippen LogP contribution in [-0.4, -0.2) is 62.0 Å². The zero-order chi connectivity index (χ0) is 19.4. The second kappa shape index (κ2) is 8.66. The molecule has 0 spiro atoms. The Labute approximate surface area is 161 Å². The minimum absolute atomic E-state index is 0.0894. The normalized spacial score (nSPS) is 16.6. The predicted octanol–water partition coefficient (Wildman–Crippen LogP) is 1.95. The predicted molar refractivity (Wildman–Crippen MR) is 98.1 cm³/mol. The number of tetrazole rings is 1. The molecule has 3 heterocycles. The molecule has 1 N–H and O–H groups in total. The Morgan fingerprint density at radius 1 is 1.41 bits per heavy atom. The van der Waals surface area contributed by atoms with E-state index < -0.39 is 5.97 Å². The molecule has 1 aliphatic heterocycles. The van der Waals surface area contributed by atoms with Crippen LogP contribution in [0.1, 0.15) is 51.9 Å². The van der Waals surface area contributed by atoms with Gasteiger partial charge in [0.25, 0.3) is 0 Å². The lowest BCUT2D eigenvalue weighted by Crippen LogP contribution is -2.17. The molecule has 1 fully saturated rings. The summed E-state index contributed by atoms with van der Waals surface area (Å²) < 4.78 is 12.3. The summed E-state index contributed by atoms with van der Waals surface area (Å²) in [6.07, 6.45) is 2.15. The largest absolute Gasteiger partial charge is 0.461 e. The van der Waals surface area contributed by atoms with Crippen LogP contribution in [0.15, 0.2) is 5.16 Å². The number of ether oxygens (including phenoxy) is 2. The number of Topliss-reactive ketones (excluding diaryl/α,β-unsaturated/α-hetero) is 1. The molecule has 1 saturated heterocycles. The van der Waals surface area contributed by atoms with Crippen LogP contribution in [0.4, 0.5) is 0 Å². The number of carbonyl (C=O) groups excluding carboxylic acids is 2. The summed E-state index contributed by atoms with van der Waals surface area (Å²) in [6.45, 7) is 6.89. The summed E-state index contributed by atoms with van der Waals surface area (Å²) in [6, 6.07) is 0. The molecule has 146 valence electrons. The van der Waals surface area contributed by atoms with E-state index >= 15 is 0 Å². The first-order valence-electron chi connectivity index (χ1n) is 8.91. The van der Waals surface area contributed by atoms with Gasteiger partial charge in [-0.1, -0.05) is 11.8 Å². The number of thioether (sulfide) groups is 1. The fourth-order valence-electron chi connectivity index (χ4n) is 3.17. The molecule has 10 heteroatoms. The fourth-order valence-corrected chi connectivity index (χ4v) is 3.93. The SMILES string of the molecule is CCOC(=O)c1[nH]c(C)c(C(=O)CSc2nnnn2CC2CCCO2)c1C. The fraction of sp³-hybridized carbons (Fsp3) is 0.588. The first-order chi connectivity index (χ1) is 13.0. The molecular formula is C17H23N5O4S. The summed E-state index contributed by atoms with van der Waals surface area (Å²) >= 11 is 1.28. The van der Waals surface area contributed by atoms with Gasteiger partial charge in [-0.2, -0.15) is 0 Å². The molecule has 0 amide bonds. The molecule has 2 aromatic heterocycles. The highest BCUT2D eigenvalue weighted by atomic mass is 32.2. The first-order valence-corrected chi connectivity index (χ1v) is 9.89. The molecule has 3 rings (SSSR count). The summed E-state index contributed by atoms with van der Waals surface area (Å²) in [5, 5.41) is 12.3. The number of rotatable bonds is 8. The van der Waals surface area contributed by atoms with Crippen LogP contribution < -0.4 is 0 Å². The van der Waals surface area contributed by atoms with Crippen molar-refractivity contribution in [3.63, 3.8) is 0 Å². The lowest BCUT2D eigenvalue weighted by atomic mass is 10.1. The van der Waals surface area contributed by atoms with Gasteiger partial charge in [0.1, 0.15) is 5.69 Å². The van der Waals surface area contributed by atoms with Crippen molar-refractivity contribution in [2.75, 3.05) is 19.0 Å². The number of aryl methyl sites for hydroxylation is 1. The molecule has 27 heavy (non-hydrogen) atoms. The van der Waals surface area contributed by atoms with Crippen molar-refractivity contribution in [1.82, 2.24) is 25.2 Å². The minimum Gasteiger partial charge on any atom is -0.461 e. The lowest BCUT2D eigenvalue weighted by molar-refractivity contribution is 0.0519. The van der Waals surface area contributed by atoms with Crippen molar-refractivity contribution in [1.29, 1.82) is 0 Å². The zero-order valence-corrected chi connectivity index (χ0v) is 16.5. The molecular weight excluding hydrogens is 370 g/mol. The summed E-state index contributed by atoms with van der Waals surface area (Å²) in [5.41, 5.74) is 2.10. The van der Waals surface area contributed by atoms with Gasteiger partial charge >= 0.3 is 5.97 Å². The number of aromatic nitrogens is 5. The molecule has 9 nitrogen and oxygen atoms in total. The number of hydrogen-bond donors (Lipinski definition) is 1. The molecule has 0 bridgehead atoms. The lowest BCUT2D eigenvalue weighted by Gasteiger charge is -2.09. The first kappa shape index (κ1) is 19.6. The molecule has 2 aromatic rings. The van der Waals surface area contributed by atoms with Gasteiger partial charge in [-0.15, -0.1) is 5.10 Å². The van der Waals surface area contributed by atoms with E-state index in [-0.39, 0.29) is 24.2 Å². The molecule has 0 radical (unpaired) electrons. The Bertz CT molecular complexity index is 825. The van der Waals surface area contributed by atoms with Crippen LogP contribution in [0.2, 0.25) is 0 Å². The van der Waals surface area contributed by atoms with Gasteiger partial charge < -0.3 is 14.5 Å². The van der Waals surface area contributed by atoms with E-state index in [0.717, 1.165) is 19.4 Å². The van der Waals surface area contributed by atoms with Crippen molar-refractivity contribution in [2.24, 2.45) is 0 Å². The van der Waals surface area contributed by atoms with E-state index in [9.17, 15) is 9.59 Å². The van der Waals surface area contributed by atoms with Gasteiger partial charge in [-0.05, 0) is 49.6 Å². The quantitative estimate of drug-likeness (QED) is 0.411. The Morgan fingerprint density at radius 3 is 2.93 bits per heavy atom. The van der Waals surface area contributed by atoms with E-state index in [2.05, 4.69) is 20.5 Å². The summed E-state index contributed by atoms with van der Waals surface area (Å²) in [7, 11) is 0. The second-order valence-electron chi connectivity index (χ2n) is 6.34. The molecule has 1 aliphatic rings. The maximum absolute atomic E-state index is 12.7. The highest BCUT2D eigenvalue weighted by Gasteiger charge is 2.24. The molecule has 1 unspecified atom stereocenters. The van der Waals surface area contributed by atoms with Gasteiger partial charge in [0, 0.05) is 17.9 Å². The van der Waals surface area contributed by atoms with E-state index in [1.807, 2.05) is 0 Å². The van der Waals surface area contributed by atoms with E-state index in [0.29, 0.717) is 34.2 Å². The monoisotopic (exact) mass is 393 g/mol. The molecule has 0 aromatic carbocycles. The summed E-state index contributed by atoms with van der Waals surface area (Å²) in [4.78, 5) is 27.7. The molecule has 0 aliphatic carbocycles. The maximum Gasteiger partial charge on any atom is 0.355 e. The Balaban J connectivity index is 1.66. The van der Waals surface area contributed by atoms with E-state index in [4.69, 9.17) is 9.47 Å². The smallest absolute Gasteiger partial charge is 0.355 e. The van der Waals surface area contributed by atoms with Crippen LogP contribution in [0.3, 0.4) is 0 Å². The van der Waals surface area contributed by atoms with Crippen LogP contribution in [0.5, 0.6) is 0 Å². The number of carbonyl (C=O) groups is 2. The topological polar surface area (TPSA) is 112 Å². The van der Waals surface area contributed by atoms with Crippen molar-refractivity contribution >= 4 is 23.5 Å². The van der Waals surface area contributed by atoms with Gasteiger partial charge in [-0.3, -0.25) is 4.79 Å².